The van der Waals surface area contributed by atoms with E-state index in [0.29, 0.717) is 45.5 Å². The monoisotopic (exact) mass is 551 g/mol. The van der Waals surface area contributed by atoms with E-state index in [2.05, 4.69) is 15.5 Å². The summed E-state index contributed by atoms with van der Waals surface area (Å²) in [6.45, 7) is 0.555. The zero-order valence-corrected chi connectivity index (χ0v) is 21.6. The molecule has 2 N–H and O–H groups in total. The number of ketones is 1. The first-order chi connectivity index (χ1) is 17.8. The van der Waals surface area contributed by atoms with E-state index in [-0.39, 0.29) is 34.2 Å². The molecule has 4 aliphatic heterocycles. The molecule has 0 aromatic heterocycles. The minimum Gasteiger partial charge on any atom is -0.325 e. The summed E-state index contributed by atoms with van der Waals surface area (Å²) in [6.07, 6.45) is 1.44. The SMILES string of the molecule is O=C(c1ccc(Cl)cc1Cl)[C@@H]1[C@@H]2CCCN2[C@@]2(C(=O)Nc3c(Cl)cccc32)[C@@]12C(=O)Nc1ccccc12. The Hall–Kier alpha value is -2.90. The van der Waals surface area contributed by atoms with Crippen LogP contribution in [-0.2, 0) is 20.5 Å². The second kappa shape index (κ2) is 7.81. The normalized spacial score (nSPS) is 29.4. The van der Waals surface area contributed by atoms with E-state index in [4.69, 9.17) is 34.8 Å². The summed E-state index contributed by atoms with van der Waals surface area (Å²) < 4.78 is 0. The second-order valence-electron chi connectivity index (χ2n) is 10.0. The van der Waals surface area contributed by atoms with Gasteiger partial charge in [-0.3, -0.25) is 19.3 Å². The van der Waals surface area contributed by atoms with Gasteiger partial charge >= 0.3 is 0 Å². The number of carbonyl (C=O) groups is 3. The minimum atomic E-state index is -1.55. The molecule has 2 amide bonds. The van der Waals surface area contributed by atoms with Crippen LogP contribution in [0.15, 0.2) is 60.7 Å². The Morgan fingerprint density at radius 2 is 1.68 bits per heavy atom. The van der Waals surface area contributed by atoms with Gasteiger partial charge in [0.2, 0.25) is 5.91 Å². The fourth-order valence-electron chi connectivity index (χ4n) is 7.43. The number of benzene rings is 3. The van der Waals surface area contributed by atoms with E-state index < -0.39 is 16.9 Å². The lowest BCUT2D eigenvalue weighted by Gasteiger charge is -2.43. The summed E-state index contributed by atoms with van der Waals surface area (Å²) in [5, 5.41) is 7.00. The zero-order chi connectivity index (χ0) is 25.7. The number of nitrogens with one attached hydrogen (secondary N) is 2. The summed E-state index contributed by atoms with van der Waals surface area (Å²) in [4.78, 5) is 45.4. The lowest BCUT2D eigenvalue weighted by Crippen LogP contribution is -2.62. The highest BCUT2D eigenvalue weighted by molar-refractivity contribution is 6.37. The molecule has 0 unspecified atom stereocenters. The van der Waals surface area contributed by atoms with Crippen LogP contribution in [0.5, 0.6) is 0 Å². The van der Waals surface area contributed by atoms with Crippen LogP contribution >= 0.6 is 34.8 Å². The predicted molar refractivity (Wildman–Crippen MR) is 143 cm³/mol. The van der Waals surface area contributed by atoms with Crippen LogP contribution in [0.25, 0.3) is 0 Å². The van der Waals surface area contributed by atoms with E-state index in [1.807, 2.05) is 30.3 Å². The lowest BCUT2D eigenvalue weighted by molar-refractivity contribution is -0.137. The molecule has 3 aromatic carbocycles. The van der Waals surface area contributed by atoms with E-state index in [0.717, 1.165) is 6.42 Å². The van der Waals surface area contributed by atoms with Gasteiger partial charge in [-0.1, -0.05) is 65.1 Å². The molecule has 3 aromatic rings. The molecular weight excluding hydrogens is 533 g/mol. The summed E-state index contributed by atoms with van der Waals surface area (Å²) in [6, 6.07) is 17.0. The molecule has 0 aliphatic carbocycles. The van der Waals surface area contributed by atoms with Crippen LogP contribution in [0.2, 0.25) is 15.1 Å². The maximum atomic E-state index is 14.6. The smallest absolute Gasteiger partial charge is 0.251 e. The Morgan fingerprint density at radius 3 is 2.49 bits per heavy atom. The summed E-state index contributed by atoms with van der Waals surface area (Å²) in [5.74, 6) is -1.90. The van der Waals surface area contributed by atoms with Gasteiger partial charge in [0.25, 0.3) is 5.91 Å². The minimum absolute atomic E-state index is 0.212. The van der Waals surface area contributed by atoms with Gasteiger partial charge in [-0.15, -0.1) is 0 Å². The van der Waals surface area contributed by atoms with Crippen molar-refractivity contribution in [1.82, 2.24) is 4.90 Å². The number of carbonyl (C=O) groups excluding carboxylic acids is 3. The topological polar surface area (TPSA) is 78.5 Å². The number of nitrogens with zero attached hydrogens (tertiary/aromatic N) is 1. The zero-order valence-electron chi connectivity index (χ0n) is 19.4. The molecular formula is C28H20Cl3N3O3. The molecule has 6 nitrogen and oxygen atoms in total. The molecule has 0 radical (unpaired) electrons. The van der Waals surface area contributed by atoms with Gasteiger partial charge in [-0.25, -0.2) is 0 Å². The summed E-state index contributed by atoms with van der Waals surface area (Å²) in [7, 11) is 0. The Labute approximate surface area is 227 Å². The first-order valence-corrected chi connectivity index (χ1v) is 13.2. The van der Waals surface area contributed by atoms with Gasteiger partial charge in [0, 0.05) is 27.9 Å². The molecule has 0 saturated carbocycles. The second-order valence-corrected chi connectivity index (χ2v) is 11.3. The van der Waals surface area contributed by atoms with Crippen molar-refractivity contribution in [2.24, 2.45) is 5.92 Å². The highest BCUT2D eigenvalue weighted by Crippen LogP contribution is 2.68. The molecule has 0 bridgehead atoms. The standard InChI is InChI=1S/C28H20Cl3N3O3/c29-14-10-11-15(19(31)13-14)24(35)22-21-9-4-12-34(21)28(17-6-3-7-18(30)23(17)33-26(28)37)27(22)16-5-1-2-8-20(16)32-25(27)36/h1-3,5-8,10-11,13,21-22H,4,9,12H2,(H,32,36)(H,33,37)/t21-,22-,27+,28-/m0/s1. The number of Topliss-reactive ketones (excluding diaryl/α,β-unsaturated/α-hetero) is 1. The molecule has 4 aliphatic rings. The van der Waals surface area contributed by atoms with Crippen molar-refractivity contribution in [3.63, 3.8) is 0 Å². The van der Waals surface area contributed by atoms with Gasteiger partial charge < -0.3 is 10.6 Å². The molecule has 4 heterocycles. The first kappa shape index (κ1) is 23.2. The summed E-state index contributed by atoms with van der Waals surface area (Å²) >= 11 is 19.3. The maximum Gasteiger partial charge on any atom is 0.251 e. The number of para-hydroxylation sites is 2. The highest BCUT2D eigenvalue weighted by Gasteiger charge is 2.81. The average Bonchev–Trinajstić information content (AvgIpc) is 3.58. The Balaban J connectivity index is 1.60. The number of hydrogen-bond acceptors (Lipinski definition) is 4. The predicted octanol–water partition coefficient (Wildman–Crippen LogP) is 5.66. The third-order valence-electron chi connectivity index (χ3n) is 8.56. The van der Waals surface area contributed by atoms with Crippen LogP contribution in [-0.4, -0.2) is 35.1 Å². The number of amides is 2. The Kier molecular flexibility index (Phi) is 4.90. The van der Waals surface area contributed by atoms with Gasteiger partial charge in [-0.2, -0.15) is 0 Å². The largest absolute Gasteiger partial charge is 0.325 e. The number of halogens is 3. The van der Waals surface area contributed by atoms with Crippen LogP contribution < -0.4 is 10.6 Å². The molecule has 9 heteroatoms. The summed E-state index contributed by atoms with van der Waals surface area (Å²) in [5.41, 5.74) is -0.423. The fraction of sp³-hybridized carbons (Fsp3) is 0.250. The van der Waals surface area contributed by atoms with Crippen molar-refractivity contribution in [3.05, 3.63) is 92.4 Å². The van der Waals surface area contributed by atoms with Crippen molar-refractivity contribution >= 4 is 63.8 Å². The molecule has 2 fully saturated rings. The molecule has 2 spiro atoms. The van der Waals surface area contributed by atoms with Gasteiger partial charge in [-0.05, 0) is 55.3 Å². The highest BCUT2D eigenvalue weighted by atomic mass is 35.5. The fourth-order valence-corrected chi connectivity index (χ4v) is 8.15. The number of fused-ring (bicyclic) bond motifs is 7. The van der Waals surface area contributed by atoms with Gasteiger partial charge in [0.05, 0.1) is 21.7 Å². The Bertz CT molecular complexity index is 1560. The van der Waals surface area contributed by atoms with Crippen LogP contribution in [0.3, 0.4) is 0 Å². The molecule has 186 valence electrons. The number of rotatable bonds is 2. The number of hydrogen-bond donors (Lipinski definition) is 2. The van der Waals surface area contributed by atoms with Crippen LogP contribution in [0.4, 0.5) is 11.4 Å². The van der Waals surface area contributed by atoms with Crippen molar-refractivity contribution in [1.29, 1.82) is 0 Å². The van der Waals surface area contributed by atoms with Crippen molar-refractivity contribution in [3.8, 4) is 0 Å². The first-order valence-electron chi connectivity index (χ1n) is 12.1. The van der Waals surface area contributed by atoms with Crippen molar-refractivity contribution in [2.75, 3.05) is 17.2 Å². The van der Waals surface area contributed by atoms with Crippen LogP contribution in [0.1, 0.15) is 34.3 Å². The number of anilines is 2. The maximum absolute atomic E-state index is 14.6. The van der Waals surface area contributed by atoms with Gasteiger partial charge in [0.15, 0.2) is 5.78 Å². The van der Waals surface area contributed by atoms with E-state index >= 15 is 0 Å². The van der Waals surface area contributed by atoms with Crippen molar-refractivity contribution < 1.29 is 14.4 Å². The lowest BCUT2D eigenvalue weighted by atomic mass is 9.57. The molecule has 4 atom stereocenters. The third kappa shape index (κ3) is 2.64. The third-order valence-corrected chi connectivity index (χ3v) is 9.42. The van der Waals surface area contributed by atoms with Gasteiger partial charge in [0.1, 0.15) is 11.0 Å². The molecule has 37 heavy (non-hydrogen) atoms. The molecule has 2 saturated heterocycles. The van der Waals surface area contributed by atoms with E-state index in [9.17, 15) is 14.4 Å². The van der Waals surface area contributed by atoms with Crippen molar-refractivity contribution in [2.45, 2.75) is 29.8 Å². The van der Waals surface area contributed by atoms with E-state index in [1.165, 1.54) is 6.07 Å². The van der Waals surface area contributed by atoms with Crippen LogP contribution in [0, 0.1) is 5.92 Å². The Morgan fingerprint density at radius 1 is 0.892 bits per heavy atom. The van der Waals surface area contributed by atoms with E-state index in [1.54, 1.807) is 24.3 Å². The quantitative estimate of drug-likeness (QED) is 0.402. The average molecular weight is 553 g/mol. The molecule has 7 rings (SSSR count).